The van der Waals surface area contributed by atoms with Crippen LogP contribution in [0.4, 0.5) is 0 Å². The molecule has 0 radical (unpaired) electrons. The molecule has 0 saturated heterocycles. The predicted octanol–water partition coefficient (Wildman–Crippen LogP) is 1.44. The average Bonchev–Trinajstić information content (AvgIpc) is 2.04. The second kappa shape index (κ2) is 3.54. The van der Waals surface area contributed by atoms with Crippen molar-refractivity contribution in [1.29, 1.82) is 0 Å². The minimum atomic E-state index is -0.0504. The monoisotopic (exact) mass is 166 g/mol. The van der Waals surface area contributed by atoms with Crippen LogP contribution in [-0.4, -0.2) is 10.1 Å². The smallest absolute Gasteiger partial charge is 0.133 e. The van der Waals surface area contributed by atoms with Gasteiger partial charge in [-0.3, -0.25) is 4.98 Å². The number of nitrogens with two attached hydrogens (primary N) is 1. The Morgan fingerprint density at radius 2 is 2.08 bits per heavy atom. The highest BCUT2D eigenvalue weighted by Crippen LogP contribution is 2.17. The topological polar surface area (TPSA) is 59.1 Å². The fourth-order valence-corrected chi connectivity index (χ4v) is 0.936. The first-order valence-corrected chi connectivity index (χ1v) is 4.01. The highest BCUT2D eigenvalue weighted by atomic mass is 16.3. The second-order valence-corrected chi connectivity index (χ2v) is 3.21. The molecule has 1 aromatic heterocycles. The zero-order chi connectivity index (χ0) is 9.14. The lowest BCUT2D eigenvalue weighted by atomic mass is 10.0. The van der Waals surface area contributed by atoms with Crippen LogP contribution in [-0.2, 0) is 0 Å². The van der Waals surface area contributed by atoms with Crippen molar-refractivity contribution in [3.05, 3.63) is 24.0 Å². The maximum Gasteiger partial charge on any atom is 0.133 e. The molecule has 12 heavy (non-hydrogen) atoms. The van der Waals surface area contributed by atoms with E-state index in [2.05, 4.69) is 4.98 Å². The Morgan fingerprint density at radius 1 is 1.42 bits per heavy atom. The van der Waals surface area contributed by atoms with Crippen LogP contribution in [0.3, 0.4) is 0 Å². The molecular weight excluding hydrogens is 152 g/mol. The van der Waals surface area contributed by atoms with Crippen LogP contribution in [0.1, 0.15) is 25.6 Å². The molecule has 1 atom stereocenters. The van der Waals surface area contributed by atoms with E-state index in [1.54, 1.807) is 12.1 Å². The minimum Gasteiger partial charge on any atom is -0.506 e. The third-order valence-electron chi connectivity index (χ3n) is 1.83. The Labute approximate surface area is 72.2 Å². The van der Waals surface area contributed by atoms with Crippen LogP contribution >= 0.6 is 0 Å². The molecule has 0 spiro atoms. The fourth-order valence-electron chi connectivity index (χ4n) is 0.936. The van der Waals surface area contributed by atoms with E-state index in [9.17, 15) is 0 Å². The van der Waals surface area contributed by atoms with Crippen molar-refractivity contribution in [2.45, 2.75) is 19.9 Å². The average molecular weight is 166 g/mol. The number of aromatic hydroxyl groups is 1. The van der Waals surface area contributed by atoms with Crippen molar-refractivity contribution in [3.8, 4) is 5.75 Å². The van der Waals surface area contributed by atoms with Gasteiger partial charge in [0, 0.05) is 6.04 Å². The molecule has 0 aromatic carbocycles. The predicted molar refractivity (Wildman–Crippen MR) is 47.7 cm³/mol. The Kier molecular flexibility index (Phi) is 2.65. The number of hydrogen-bond donors (Lipinski definition) is 2. The van der Waals surface area contributed by atoms with Gasteiger partial charge in [0.1, 0.15) is 5.75 Å². The molecule has 1 rings (SSSR count). The Balaban J connectivity index is 2.82. The normalized spacial score (nSPS) is 13.3. The van der Waals surface area contributed by atoms with Crippen LogP contribution < -0.4 is 5.73 Å². The Morgan fingerprint density at radius 3 is 2.50 bits per heavy atom. The Bertz CT molecular complexity index is 243. The molecular formula is C9H14N2O. The van der Waals surface area contributed by atoms with Crippen molar-refractivity contribution in [2.75, 3.05) is 0 Å². The van der Waals surface area contributed by atoms with Crippen molar-refractivity contribution < 1.29 is 5.11 Å². The zero-order valence-corrected chi connectivity index (χ0v) is 7.36. The molecule has 0 aliphatic heterocycles. The first kappa shape index (κ1) is 9.00. The lowest BCUT2D eigenvalue weighted by Gasteiger charge is -2.14. The maximum absolute atomic E-state index is 8.97. The van der Waals surface area contributed by atoms with E-state index in [0.29, 0.717) is 5.92 Å². The van der Waals surface area contributed by atoms with E-state index >= 15 is 0 Å². The molecule has 3 N–H and O–H groups in total. The summed E-state index contributed by atoms with van der Waals surface area (Å²) in [6.07, 6.45) is 1.41. The first-order valence-electron chi connectivity index (χ1n) is 4.01. The van der Waals surface area contributed by atoms with Gasteiger partial charge in [-0.05, 0) is 18.1 Å². The largest absolute Gasteiger partial charge is 0.506 e. The van der Waals surface area contributed by atoms with E-state index in [4.69, 9.17) is 10.8 Å². The van der Waals surface area contributed by atoms with Crippen LogP contribution in [0.2, 0.25) is 0 Å². The van der Waals surface area contributed by atoms with Gasteiger partial charge in [0.25, 0.3) is 0 Å². The van der Waals surface area contributed by atoms with Crippen molar-refractivity contribution in [3.63, 3.8) is 0 Å². The molecule has 1 heterocycles. The summed E-state index contributed by atoms with van der Waals surface area (Å²) in [4.78, 5) is 4.02. The summed E-state index contributed by atoms with van der Waals surface area (Å²) in [7, 11) is 0. The van der Waals surface area contributed by atoms with Gasteiger partial charge in [0.15, 0.2) is 0 Å². The van der Waals surface area contributed by atoms with Gasteiger partial charge in [-0.15, -0.1) is 0 Å². The summed E-state index contributed by atoms with van der Waals surface area (Å²) in [5, 5.41) is 8.97. The quantitative estimate of drug-likeness (QED) is 0.699. The molecule has 1 unspecified atom stereocenters. The Hall–Kier alpha value is -1.09. The molecule has 3 nitrogen and oxygen atoms in total. The molecule has 0 saturated carbocycles. The van der Waals surface area contributed by atoms with E-state index in [1.165, 1.54) is 6.20 Å². The highest BCUT2D eigenvalue weighted by molar-refractivity contribution is 5.19. The number of pyridine rings is 1. The summed E-state index contributed by atoms with van der Waals surface area (Å²) in [5.41, 5.74) is 6.67. The molecule has 0 aliphatic rings. The third-order valence-corrected chi connectivity index (χ3v) is 1.83. The number of rotatable bonds is 2. The van der Waals surface area contributed by atoms with Gasteiger partial charge in [-0.2, -0.15) is 0 Å². The summed E-state index contributed by atoms with van der Waals surface area (Å²) in [5.74, 6) is 0.539. The fraction of sp³-hybridized carbons (Fsp3) is 0.444. The summed E-state index contributed by atoms with van der Waals surface area (Å²) >= 11 is 0. The van der Waals surface area contributed by atoms with Gasteiger partial charge >= 0.3 is 0 Å². The second-order valence-electron chi connectivity index (χ2n) is 3.21. The van der Waals surface area contributed by atoms with Crippen LogP contribution in [0.15, 0.2) is 18.3 Å². The molecule has 66 valence electrons. The number of aromatic nitrogens is 1. The van der Waals surface area contributed by atoms with Crippen molar-refractivity contribution >= 4 is 0 Å². The van der Waals surface area contributed by atoms with Crippen LogP contribution in [0.5, 0.6) is 5.75 Å². The van der Waals surface area contributed by atoms with Crippen molar-refractivity contribution in [2.24, 2.45) is 11.7 Å². The lowest BCUT2D eigenvalue weighted by Crippen LogP contribution is -2.17. The highest BCUT2D eigenvalue weighted by Gasteiger charge is 2.10. The number of hydrogen-bond acceptors (Lipinski definition) is 3. The molecule has 0 aliphatic carbocycles. The van der Waals surface area contributed by atoms with E-state index in [1.807, 2.05) is 13.8 Å². The first-order chi connectivity index (χ1) is 5.61. The molecule has 0 bridgehead atoms. The lowest BCUT2D eigenvalue weighted by molar-refractivity contribution is 0.466. The SMILES string of the molecule is CC(C)C(N)c1ccc(O)cn1. The summed E-state index contributed by atoms with van der Waals surface area (Å²) < 4.78 is 0. The van der Waals surface area contributed by atoms with Gasteiger partial charge in [-0.25, -0.2) is 0 Å². The molecule has 1 aromatic rings. The van der Waals surface area contributed by atoms with Crippen LogP contribution in [0.25, 0.3) is 0 Å². The summed E-state index contributed by atoms with van der Waals surface area (Å²) in [6.45, 7) is 4.08. The number of nitrogens with zero attached hydrogens (tertiary/aromatic N) is 1. The van der Waals surface area contributed by atoms with Gasteiger partial charge in [0.2, 0.25) is 0 Å². The van der Waals surface area contributed by atoms with E-state index < -0.39 is 0 Å². The van der Waals surface area contributed by atoms with E-state index in [0.717, 1.165) is 5.69 Å². The van der Waals surface area contributed by atoms with Gasteiger partial charge in [0.05, 0.1) is 11.9 Å². The van der Waals surface area contributed by atoms with Crippen molar-refractivity contribution in [1.82, 2.24) is 4.98 Å². The zero-order valence-electron chi connectivity index (χ0n) is 7.36. The van der Waals surface area contributed by atoms with Crippen LogP contribution in [0, 0.1) is 5.92 Å². The summed E-state index contributed by atoms with van der Waals surface area (Å²) in [6, 6.07) is 3.30. The maximum atomic E-state index is 8.97. The van der Waals surface area contributed by atoms with Gasteiger partial charge < -0.3 is 10.8 Å². The van der Waals surface area contributed by atoms with E-state index in [-0.39, 0.29) is 11.8 Å². The molecule has 0 amide bonds. The minimum absolute atomic E-state index is 0.0504. The standard InChI is InChI=1S/C9H14N2O/c1-6(2)9(10)8-4-3-7(12)5-11-8/h3-6,9,12H,10H2,1-2H3. The van der Waals surface area contributed by atoms with Gasteiger partial charge in [-0.1, -0.05) is 13.8 Å². The third kappa shape index (κ3) is 1.95. The molecule has 0 fully saturated rings. The molecule has 3 heteroatoms.